The lowest BCUT2D eigenvalue weighted by atomic mass is 9.96. The zero-order valence-electron chi connectivity index (χ0n) is 26.9. The normalized spacial score (nSPS) is 10.5. The zero-order valence-corrected chi connectivity index (χ0v) is 26.9. The van der Waals surface area contributed by atoms with E-state index in [2.05, 4.69) is 170 Å². The number of benzene rings is 7. The Hall–Kier alpha value is -5.70. The van der Waals surface area contributed by atoms with E-state index in [4.69, 9.17) is 4.42 Å². The Balaban J connectivity index is 0.000000378. The molecule has 8 aromatic rings. The number of nitrogens with two attached hydrogens (primary N) is 1. The largest absolute Gasteiger partial charge is 0.456 e. The first-order valence-corrected chi connectivity index (χ1v) is 16.0. The molecule has 0 radical (unpaired) electrons. The lowest BCUT2D eigenvalue weighted by Gasteiger charge is -2.07. The van der Waals surface area contributed by atoms with E-state index in [1.807, 2.05) is 18.2 Å². The minimum atomic E-state index is 0.884. The summed E-state index contributed by atoms with van der Waals surface area (Å²) in [5, 5.41) is 2.38. The van der Waals surface area contributed by atoms with Gasteiger partial charge in [0.15, 0.2) is 0 Å². The van der Waals surface area contributed by atoms with Gasteiger partial charge in [0, 0.05) is 10.8 Å². The van der Waals surface area contributed by atoms with Gasteiger partial charge >= 0.3 is 0 Å². The van der Waals surface area contributed by atoms with Gasteiger partial charge < -0.3 is 10.2 Å². The van der Waals surface area contributed by atoms with Crippen LogP contribution in [-0.2, 0) is 6.42 Å². The Labute approximate surface area is 277 Å². The number of hydrogen-bond donors (Lipinski definition) is 1. The number of aryl methyl sites for hydroxylation is 1. The van der Waals surface area contributed by atoms with Crippen molar-refractivity contribution in [2.75, 3.05) is 7.05 Å². The molecule has 2 nitrogen and oxygen atoms in total. The van der Waals surface area contributed by atoms with E-state index in [0.29, 0.717) is 0 Å². The van der Waals surface area contributed by atoms with Crippen LogP contribution >= 0.6 is 0 Å². The molecule has 0 aliphatic carbocycles. The van der Waals surface area contributed by atoms with E-state index in [1.54, 1.807) is 0 Å². The van der Waals surface area contributed by atoms with Gasteiger partial charge in [-0.3, -0.25) is 0 Å². The second-order valence-corrected chi connectivity index (χ2v) is 11.4. The number of furan rings is 1. The quantitative estimate of drug-likeness (QED) is 0.211. The van der Waals surface area contributed by atoms with Crippen molar-refractivity contribution in [2.45, 2.75) is 13.3 Å². The van der Waals surface area contributed by atoms with E-state index in [0.717, 1.165) is 17.6 Å². The van der Waals surface area contributed by atoms with Crippen molar-refractivity contribution >= 4 is 21.9 Å². The molecular weight excluding hydrogens is 571 g/mol. The summed E-state index contributed by atoms with van der Waals surface area (Å²) < 4.78 is 6.24. The van der Waals surface area contributed by atoms with Gasteiger partial charge in [-0.1, -0.05) is 163 Å². The van der Waals surface area contributed by atoms with Crippen LogP contribution in [0.5, 0.6) is 0 Å². The molecule has 0 unspecified atom stereocenters. The van der Waals surface area contributed by atoms with E-state index in [9.17, 15) is 0 Å². The van der Waals surface area contributed by atoms with Gasteiger partial charge in [-0.2, -0.15) is 0 Å². The van der Waals surface area contributed by atoms with Crippen molar-refractivity contribution in [3.63, 3.8) is 0 Å². The third-order valence-electron chi connectivity index (χ3n) is 8.30. The van der Waals surface area contributed by atoms with Gasteiger partial charge in [0.05, 0.1) is 0 Å². The second kappa shape index (κ2) is 15.1. The Kier molecular flexibility index (Phi) is 10.0. The maximum atomic E-state index is 6.24. The van der Waals surface area contributed by atoms with Crippen LogP contribution in [0.25, 0.3) is 55.3 Å². The predicted molar refractivity (Wildman–Crippen MR) is 201 cm³/mol. The van der Waals surface area contributed by atoms with Crippen LogP contribution < -0.4 is 5.73 Å². The molecular formula is C45H39NO. The molecule has 1 aromatic heterocycles. The Bertz CT molecular complexity index is 2150. The van der Waals surface area contributed by atoms with Crippen LogP contribution in [0.2, 0.25) is 0 Å². The molecule has 1 heterocycles. The maximum Gasteiger partial charge on any atom is 0.135 e. The highest BCUT2D eigenvalue weighted by Crippen LogP contribution is 2.36. The zero-order chi connectivity index (χ0) is 32.4. The van der Waals surface area contributed by atoms with Crippen LogP contribution in [0.15, 0.2) is 180 Å². The standard InChI is InChI=1S/C37H26O.C7H8.CH5N/c1-3-8-26(9-4-1)24-33-12-7-13-36-37(33)34-25-32(22-23-35(34)38-36)31-20-18-30(19-21-31)29-16-14-28(15-17-29)27-10-5-2-6-11-27;1-7-5-3-2-4-6-7;1-2/h1-23,25H,24H2;2-6H,1H3;2H2,1H3. The molecule has 0 saturated carbocycles. The molecule has 0 amide bonds. The Morgan fingerprint density at radius 3 is 1.43 bits per heavy atom. The molecule has 47 heavy (non-hydrogen) atoms. The average molecular weight is 610 g/mol. The molecule has 0 aliphatic rings. The first-order chi connectivity index (χ1) is 23.2. The third-order valence-corrected chi connectivity index (χ3v) is 8.30. The molecule has 0 aliphatic heterocycles. The van der Waals surface area contributed by atoms with Gasteiger partial charge in [-0.05, 0) is 83.1 Å². The van der Waals surface area contributed by atoms with Crippen LogP contribution in [0.3, 0.4) is 0 Å². The number of rotatable bonds is 5. The highest BCUT2D eigenvalue weighted by molar-refractivity contribution is 6.08. The highest BCUT2D eigenvalue weighted by atomic mass is 16.3. The summed E-state index contributed by atoms with van der Waals surface area (Å²) >= 11 is 0. The summed E-state index contributed by atoms with van der Waals surface area (Å²) in [7, 11) is 1.50. The number of fused-ring (bicyclic) bond motifs is 3. The average Bonchev–Trinajstić information content (AvgIpc) is 3.53. The molecule has 0 saturated heterocycles. The topological polar surface area (TPSA) is 39.2 Å². The summed E-state index contributed by atoms with van der Waals surface area (Å²) in [6.07, 6.45) is 0.884. The number of hydrogen-bond acceptors (Lipinski definition) is 2. The first-order valence-electron chi connectivity index (χ1n) is 16.0. The van der Waals surface area contributed by atoms with E-state index >= 15 is 0 Å². The molecule has 0 spiro atoms. The van der Waals surface area contributed by atoms with E-state index in [-0.39, 0.29) is 0 Å². The van der Waals surface area contributed by atoms with Gasteiger partial charge in [0.1, 0.15) is 11.2 Å². The van der Waals surface area contributed by atoms with Crippen molar-refractivity contribution in [2.24, 2.45) is 5.73 Å². The summed E-state index contributed by atoms with van der Waals surface area (Å²) in [6, 6.07) is 62.0. The minimum absolute atomic E-state index is 0.884. The van der Waals surface area contributed by atoms with Crippen LogP contribution in [-0.4, -0.2) is 7.05 Å². The van der Waals surface area contributed by atoms with E-state index < -0.39 is 0 Å². The maximum absolute atomic E-state index is 6.24. The highest BCUT2D eigenvalue weighted by Gasteiger charge is 2.13. The summed E-state index contributed by atoms with van der Waals surface area (Å²) in [6.45, 7) is 2.08. The van der Waals surface area contributed by atoms with Gasteiger partial charge in [-0.15, -0.1) is 0 Å². The minimum Gasteiger partial charge on any atom is -0.456 e. The molecule has 7 aromatic carbocycles. The summed E-state index contributed by atoms with van der Waals surface area (Å²) in [5.74, 6) is 0. The smallest absolute Gasteiger partial charge is 0.135 e. The molecule has 230 valence electrons. The molecule has 0 fully saturated rings. The van der Waals surface area contributed by atoms with Crippen LogP contribution in [0.4, 0.5) is 0 Å². The van der Waals surface area contributed by atoms with Crippen LogP contribution in [0, 0.1) is 6.92 Å². The third kappa shape index (κ3) is 7.41. The molecule has 0 bridgehead atoms. The summed E-state index contributed by atoms with van der Waals surface area (Å²) in [5.41, 5.74) is 17.6. The fourth-order valence-electron chi connectivity index (χ4n) is 5.92. The van der Waals surface area contributed by atoms with Crippen molar-refractivity contribution < 1.29 is 4.42 Å². The fraction of sp³-hybridized carbons (Fsp3) is 0.0667. The van der Waals surface area contributed by atoms with Crippen molar-refractivity contribution in [1.82, 2.24) is 0 Å². The lowest BCUT2D eigenvalue weighted by molar-refractivity contribution is 0.669. The van der Waals surface area contributed by atoms with Crippen molar-refractivity contribution in [1.29, 1.82) is 0 Å². The Morgan fingerprint density at radius 1 is 0.426 bits per heavy atom. The first kappa shape index (κ1) is 31.3. The summed E-state index contributed by atoms with van der Waals surface area (Å²) in [4.78, 5) is 0. The Morgan fingerprint density at radius 2 is 0.894 bits per heavy atom. The van der Waals surface area contributed by atoms with Crippen molar-refractivity contribution in [3.05, 3.63) is 193 Å². The van der Waals surface area contributed by atoms with Crippen molar-refractivity contribution in [3.8, 4) is 33.4 Å². The fourth-order valence-corrected chi connectivity index (χ4v) is 5.92. The molecule has 2 N–H and O–H groups in total. The van der Waals surface area contributed by atoms with Gasteiger partial charge in [0.25, 0.3) is 0 Å². The van der Waals surface area contributed by atoms with Gasteiger partial charge in [0.2, 0.25) is 0 Å². The van der Waals surface area contributed by atoms with Gasteiger partial charge in [-0.25, -0.2) is 0 Å². The molecule has 2 heteroatoms. The second-order valence-electron chi connectivity index (χ2n) is 11.4. The monoisotopic (exact) mass is 609 g/mol. The SMILES string of the molecule is CN.Cc1ccccc1.c1ccc(Cc2cccc3oc4ccc(-c5ccc(-c6ccc(-c7ccccc7)cc6)cc5)cc4c23)cc1. The van der Waals surface area contributed by atoms with Crippen LogP contribution in [0.1, 0.15) is 16.7 Å². The van der Waals surface area contributed by atoms with E-state index in [1.165, 1.54) is 67.9 Å². The lowest BCUT2D eigenvalue weighted by Crippen LogP contribution is -1.88. The molecule has 0 atom stereocenters. The molecule has 8 rings (SSSR count). The predicted octanol–water partition coefficient (Wildman–Crippen LogP) is 11.7.